The van der Waals surface area contributed by atoms with Crippen LogP contribution in [0.3, 0.4) is 0 Å². The number of hydrogen-bond acceptors (Lipinski definition) is 5. The maximum atomic E-state index is 13.6. The van der Waals surface area contributed by atoms with Crippen molar-refractivity contribution in [2.45, 2.75) is 31.8 Å². The number of H-pyrrole nitrogens is 1. The fourth-order valence-electron chi connectivity index (χ4n) is 5.07. The number of amides is 3. The second-order valence-corrected chi connectivity index (χ2v) is 10.4. The van der Waals surface area contributed by atoms with E-state index >= 15 is 0 Å². The highest BCUT2D eigenvalue weighted by Crippen LogP contribution is 2.31. The first-order valence-corrected chi connectivity index (χ1v) is 12.9. The van der Waals surface area contributed by atoms with Crippen LogP contribution in [0.2, 0.25) is 0 Å². The number of rotatable bonds is 4. The molecule has 1 fully saturated rings. The maximum Gasteiger partial charge on any atom is 0.265 e. The van der Waals surface area contributed by atoms with E-state index in [0.717, 1.165) is 33.5 Å². The number of benzene rings is 2. The lowest BCUT2D eigenvalue weighted by atomic mass is 10.1. The summed E-state index contributed by atoms with van der Waals surface area (Å²) in [6, 6.07) is 16.3. The number of para-hydroxylation sites is 1. The molecule has 182 valence electrons. The molecule has 0 saturated carbocycles. The maximum absolute atomic E-state index is 13.6. The molecule has 2 aromatic heterocycles. The first-order valence-electron chi connectivity index (χ1n) is 12.1. The molecule has 0 bridgehead atoms. The number of nitrogens with one attached hydrogen (secondary N) is 2. The Bertz CT molecular complexity index is 1460. The van der Waals surface area contributed by atoms with Crippen LogP contribution in [0.15, 0.2) is 60.8 Å². The average molecular weight is 500 g/mol. The van der Waals surface area contributed by atoms with Gasteiger partial charge >= 0.3 is 0 Å². The van der Waals surface area contributed by atoms with Gasteiger partial charge in [0.1, 0.15) is 6.04 Å². The number of thiophene rings is 1. The summed E-state index contributed by atoms with van der Waals surface area (Å²) in [5, 5.41) is 10.7. The van der Waals surface area contributed by atoms with Gasteiger partial charge in [0.2, 0.25) is 5.91 Å². The van der Waals surface area contributed by atoms with Gasteiger partial charge in [0, 0.05) is 41.1 Å². The van der Waals surface area contributed by atoms with E-state index in [2.05, 4.69) is 15.5 Å². The molecular formula is C27H25N5O3S. The predicted molar refractivity (Wildman–Crippen MR) is 138 cm³/mol. The van der Waals surface area contributed by atoms with Crippen molar-refractivity contribution in [3.63, 3.8) is 0 Å². The number of hydrogen-bond donors (Lipinski definition) is 2. The zero-order valence-corrected chi connectivity index (χ0v) is 20.4. The number of aromatic nitrogens is 2. The van der Waals surface area contributed by atoms with Crippen LogP contribution in [0.5, 0.6) is 0 Å². The molecule has 8 nitrogen and oxygen atoms in total. The summed E-state index contributed by atoms with van der Waals surface area (Å²) < 4.78 is 0. The molecule has 2 N–H and O–H groups in total. The van der Waals surface area contributed by atoms with E-state index in [1.165, 1.54) is 11.3 Å². The summed E-state index contributed by atoms with van der Waals surface area (Å²) in [4.78, 5) is 44.9. The third-order valence-electron chi connectivity index (χ3n) is 6.92. The van der Waals surface area contributed by atoms with Crippen LogP contribution >= 0.6 is 11.3 Å². The average Bonchev–Trinajstić information content (AvgIpc) is 3.66. The van der Waals surface area contributed by atoms with Crippen molar-refractivity contribution in [3.05, 3.63) is 81.7 Å². The molecule has 2 aliphatic heterocycles. The molecule has 0 spiro atoms. The molecule has 2 aliphatic rings. The summed E-state index contributed by atoms with van der Waals surface area (Å²) in [6.45, 7) is 1.62. The Hall–Kier alpha value is -3.98. The topological polar surface area (TPSA) is 98.4 Å². The Labute approximate surface area is 211 Å². The van der Waals surface area contributed by atoms with E-state index in [-0.39, 0.29) is 17.7 Å². The molecule has 9 heteroatoms. The molecule has 2 aromatic carbocycles. The van der Waals surface area contributed by atoms with Crippen molar-refractivity contribution in [1.82, 2.24) is 20.0 Å². The molecule has 0 aliphatic carbocycles. The van der Waals surface area contributed by atoms with Crippen molar-refractivity contribution < 1.29 is 14.4 Å². The lowest BCUT2D eigenvalue weighted by Gasteiger charge is -2.32. The summed E-state index contributed by atoms with van der Waals surface area (Å²) in [5.74, 6) is -0.278. The quantitative estimate of drug-likeness (QED) is 0.442. The van der Waals surface area contributed by atoms with Crippen LogP contribution in [0.25, 0.3) is 10.9 Å². The van der Waals surface area contributed by atoms with Crippen molar-refractivity contribution in [1.29, 1.82) is 0 Å². The van der Waals surface area contributed by atoms with Gasteiger partial charge in [0.05, 0.1) is 16.6 Å². The van der Waals surface area contributed by atoms with E-state index in [0.29, 0.717) is 42.9 Å². The first kappa shape index (κ1) is 22.5. The van der Waals surface area contributed by atoms with E-state index in [4.69, 9.17) is 0 Å². The number of aromatic amines is 1. The van der Waals surface area contributed by atoms with Crippen LogP contribution in [0, 0.1) is 0 Å². The number of anilines is 1. The van der Waals surface area contributed by atoms with Gasteiger partial charge < -0.3 is 15.1 Å². The standard InChI is InChI=1S/C27H25N5O3S/c33-25(29-20-5-2-1-3-6-20)24-14-19-16-31(12-10-23(19)36-24)27(35)22-7-4-11-32(22)26(34)17-8-9-21-18(13-17)15-28-30-21/h1-3,5-6,8-9,13-15,22H,4,7,10-12,16H2,(H,28,30)(H,29,33). The van der Waals surface area contributed by atoms with Gasteiger partial charge in [-0.15, -0.1) is 11.3 Å². The third kappa shape index (κ3) is 4.15. The van der Waals surface area contributed by atoms with Gasteiger partial charge in [-0.25, -0.2) is 0 Å². The fraction of sp³-hybridized carbons (Fsp3) is 0.259. The second kappa shape index (κ2) is 9.23. The summed E-state index contributed by atoms with van der Waals surface area (Å²) >= 11 is 1.49. The minimum absolute atomic E-state index is 0.0163. The lowest BCUT2D eigenvalue weighted by molar-refractivity contribution is -0.136. The first-order chi connectivity index (χ1) is 17.6. The highest BCUT2D eigenvalue weighted by molar-refractivity contribution is 7.14. The Morgan fingerprint density at radius 1 is 1.06 bits per heavy atom. The Kier molecular flexibility index (Phi) is 5.77. The van der Waals surface area contributed by atoms with Crippen LogP contribution in [-0.2, 0) is 17.8 Å². The van der Waals surface area contributed by atoms with Gasteiger partial charge in [-0.2, -0.15) is 5.10 Å². The minimum Gasteiger partial charge on any atom is -0.336 e. The SMILES string of the molecule is O=C(Nc1ccccc1)c1cc2c(s1)CCN(C(=O)C1CCCN1C(=O)c1ccc3[nH]ncc3c1)C2. The highest BCUT2D eigenvalue weighted by atomic mass is 32.1. The molecule has 1 atom stereocenters. The Balaban J connectivity index is 1.15. The van der Waals surface area contributed by atoms with E-state index in [1.54, 1.807) is 17.2 Å². The normalized spacial score (nSPS) is 17.3. The molecular weight excluding hydrogens is 474 g/mol. The molecule has 1 unspecified atom stereocenters. The van der Waals surface area contributed by atoms with Gasteiger partial charge in [0.15, 0.2) is 0 Å². The number of carbonyl (C=O) groups is 3. The third-order valence-corrected chi connectivity index (χ3v) is 8.16. The number of likely N-dealkylation sites (tertiary alicyclic amines) is 1. The fourth-order valence-corrected chi connectivity index (χ4v) is 6.12. The predicted octanol–water partition coefficient (Wildman–Crippen LogP) is 4.07. The summed E-state index contributed by atoms with van der Waals surface area (Å²) in [5.41, 5.74) is 3.21. The zero-order valence-electron chi connectivity index (χ0n) is 19.6. The molecule has 4 heterocycles. The molecule has 36 heavy (non-hydrogen) atoms. The number of carbonyl (C=O) groups excluding carboxylic acids is 3. The van der Waals surface area contributed by atoms with Crippen molar-refractivity contribution in [3.8, 4) is 0 Å². The smallest absolute Gasteiger partial charge is 0.265 e. The Morgan fingerprint density at radius 3 is 2.78 bits per heavy atom. The van der Waals surface area contributed by atoms with Crippen molar-refractivity contribution >= 4 is 45.6 Å². The number of fused-ring (bicyclic) bond motifs is 2. The lowest BCUT2D eigenvalue weighted by Crippen LogP contribution is -2.48. The molecule has 4 aromatic rings. The highest BCUT2D eigenvalue weighted by Gasteiger charge is 2.38. The van der Waals surface area contributed by atoms with Crippen LogP contribution in [0.4, 0.5) is 5.69 Å². The second-order valence-electron chi connectivity index (χ2n) is 9.22. The van der Waals surface area contributed by atoms with Crippen LogP contribution < -0.4 is 5.32 Å². The van der Waals surface area contributed by atoms with Gasteiger partial charge in [-0.1, -0.05) is 18.2 Å². The van der Waals surface area contributed by atoms with Crippen molar-refractivity contribution in [2.75, 3.05) is 18.4 Å². The van der Waals surface area contributed by atoms with Crippen LogP contribution in [-0.4, -0.2) is 56.9 Å². The van der Waals surface area contributed by atoms with Gasteiger partial charge in [-0.05, 0) is 61.2 Å². The van der Waals surface area contributed by atoms with E-state index < -0.39 is 6.04 Å². The zero-order chi connectivity index (χ0) is 24.6. The van der Waals surface area contributed by atoms with Crippen molar-refractivity contribution in [2.24, 2.45) is 0 Å². The Morgan fingerprint density at radius 2 is 1.92 bits per heavy atom. The van der Waals surface area contributed by atoms with Gasteiger partial charge in [0.25, 0.3) is 11.8 Å². The molecule has 0 radical (unpaired) electrons. The van der Waals surface area contributed by atoms with E-state index in [9.17, 15) is 14.4 Å². The largest absolute Gasteiger partial charge is 0.336 e. The molecule has 1 saturated heterocycles. The summed E-state index contributed by atoms with van der Waals surface area (Å²) in [7, 11) is 0. The summed E-state index contributed by atoms with van der Waals surface area (Å²) in [6.07, 6.45) is 3.87. The number of nitrogens with zero attached hydrogens (tertiary/aromatic N) is 3. The molecule has 6 rings (SSSR count). The molecule has 3 amide bonds. The van der Waals surface area contributed by atoms with Gasteiger partial charge in [-0.3, -0.25) is 19.5 Å². The van der Waals surface area contributed by atoms with Crippen LogP contribution in [0.1, 0.15) is 43.3 Å². The minimum atomic E-state index is -0.460. The monoisotopic (exact) mass is 499 g/mol. The van der Waals surface area contributed by atoms with E-state index in [1.807, 2.05) is 53.4 Å².